The Labute approximate surface area is 149 Å². The van der Waals surface area contributed by atoms with Gasteiger partial charge in [0.2, 0.25) is 0 Å². The molecule has 0 aliphatic carbocycles. The van der Waals surface area contributed by atoms with E-state index in [2.05, 4.69) is 21.2 Å². The molecular weight excluding hydrogens is 366 g/mol. The van der Waals surface area contributed by atoms with E-state index < -0.39 is 0 Å². The first-order valence-corrected chi connectivity index (χ1v) is 8.21. The van der Waals surface area contributed by atoms with Gasteiger partial charge in [-0.1, -0.05) is 30.3 Å². The average Bonchev–Trinajstić information content (AvgIpc) is 2.60. The molecular formula is C19H16BrN3O. The van der Waals surface area contributed by atoms with Crippen molar-refractivity contribution in [1.82, 2.24) is 0 Å². The van der Waals surface area contributed by atoms with Crippen LogP contribution in [0.25, 0.3) is 0 Å². The van der Waals surface area contributed by atoms with Gasteiger partial charge in [-0.05, 0) is 64.5 Å². The highest BCUT2D eigenvalue weighted by Crippen LogP contribution is 2.28. The van der Waals surface area contributed by atoms with Crippen LogP contribution in [-0.4, -0.2) is 6.03 Å². The number of amides is 2. The Morgan fingerprint density at radius 2 is 1.42 bits per heavy atom. The third kappa shape index (κ3) is 3.58. The van der Waals surface area contributed by atoms with Crippen LogP contribution in [0.15, 0.2) is 83.3 Å². The lowest BCUT2D eigenvalue weighted by Gasteiger charge is -2.24. The second kappa shape index (κ2) is 7.19. The average molecular weight is 382 g/mol. The highest BCUT2D eigenvalue weighted by atomic mass is 79.9. The number of carbonyl (C=O) groups is 1. The highest BCUT2D eigenvalue weighted by Gasteiger charge is 2.18. The van der Waals surface area contributed by atoms with Gasteiger partial charge < -0.3 is 11.1 Å². The number of nitrogens with zero attached hydrogens (tertiary/aromatic N) is 1. The van der Waals surface area contributed by atoms with Gasteiger partial charge in [0, 0.05) is 10.2 Å². The first kappa shape index (κ1) is 16.1. The molecule has 3 rings (SSSR count). The number of hydrogen-bond donors (Lipinski definition) is 2. The predicted octanol–water partition coefficient (Wildman–Crippen LogP) is 5.40. The Morgan fingerprint density at radius 1 is 0.833 bits per heavy atom. The summed E-state index contributed by atoms with van der Waals surface area (Å²) in [4.78, 5) is 14.5. The van der Waals surface area contributed by atoms with Crippen LogP contribution < -0.4 is 16.0 Å². The summed E-state index contributed by atoms with van der Waals surface area (Å²) in [5.41, 5.74) is 8.62. The van der Waals surface area contributed by atoms with Gasteiger partial charge in [-0.25, -0.2) is 4.79 Å². The second-order valence-corrected chi connectivity index (χ2v) is 6.03. The molecule has 0 fully saturated rings. The third-order valence-electron chi connectivity index (χ3n) is 3.48. The molecule has 24 heavy (non-hydrogen) atoms. The third-order valence-corrected chi connectivity index (χ3v) is 4.18. The monoisotopic (exact) mass is 381 g/mol. The van der Waals surface area contributed by atoms with Gasteiger partial charge in [0.15, 0.2) is 0 Å². The molecule has 0 aliphatic rings. The van der Waals surface area contributed by atoms with Crippen molar-refractivity contribution < 1.29 is 4.79 Å². The smallest absolute Gasteiger partial charge is 0.330 e. The first-order valence-electron chi connectivity index (χ1n) is 7.41. The number of carbonyl (C=O) groups excluding carboxylic acids is 1. The maximum Gasteiger partial charge on any atom is 0.330 e. The largest absolute Gasteiger partial charge is 0.399 e. The Kier molecular flexibility index (Phi) is 4.82. The Morgan fingerprint density at radius 3 is 2.08 bits per heavy atom. The summed E-state index contributed by atoms with van der Waals surface area (Å²) in [5, 5.41) is 2.93. The molecule has 3 aromatic rings. The zero-order valence-corrected chi connectivity index (χ0v) is 14.4. The van der Waals surface area contributed by atoms with E-state index in [-0.39, 0.29) is 6.03 Å². The molecule has 0 heterocycles. The summed E-state index contributed by atoms with van der Waals surface area (Å²) in [5.74, 6) is 0. The van der Waals surface area contributed by atoms with Gasteiger partial charge in [-0.15, -0.1) is 0 Å². The number of nitrogens with one attached hydrogen (secondary N) is 1. The fourth-order valence-electron chi connectivity index (χ4n) is 2.32. The minimum atomic E-state index is -0.252. The molecule has 0 bridgehead atoms. The molecule has 120 valence electrons. The minimum Gasteiger partial charge on any atom is -0.399 e. The molecule has 3 aromatic carbocycles. The molecule has 0 saturated carbocycles. The first-order chi connectivity index (χ1) is 11.6. The molecule has 2 amide bonds. The highest BCUT2D eigenvalue weighted by molar-refractivity contribution is 9.10. The number of benzene rings is 3. The van der Waals surface area contributed by atoms with E-state index in [9.17, 15) is 4.79 Å². The minimum absolute atomic E-state index is 0.252. The molecule has 3 N–H and O–H groups in total. The summed E-state index contributed by atoms with van der Waals surface area (Å²) in [6, 6.07) is 23.9. The van der Waals surface area contributed by atoms with Gasteiger partial charge in [0.25, 0.3) is 0 Å². The van der Waals surface area contributed by atoms with Gasteiger partial charge in [-0.2, -0.15) is 0 Å². The lowest BCUT2D eigenvalue weighted by atomic mass is 10.2. The Balaban J connectivity index is 1.97. The van der Waals surface area contributed by atoms with Crippen molar-refractivity contribution in [3.63, 3.8) is 0 Å². The lowest BCUT2D eigenvalue weighted by molar-refractivity contribution is 0.259. The normalized spacial score (nSPS) is 10.2. The molecule has 0 radical (unpaired) electrons. The summed E-state index contributed by atoms with van der Waals surface area (Å²) in [6.07, 6.45) is 0. The van der Waals surface area contributed by atoms with Gasteiger partial charge in [0.1, 0.15) is 0 Å². The van der Waals surface area contributed by atoms with Crippen LogP contribution in [0.2, 0.25) is 0 Å². The summed E-state index contributed by atoms with van der Waals surface area (Å²) in [7, 11) is 0. The van der Waals surface area contributed by atoms with Gasteiger partial charge in [0.05, 0.1) is 17.1 Å². The van der Waals surface area contributed by atoms with Gasteiger partial charge >= 0.3 is 6.03 Å². The van der Waals surface area contributed by atoms with Crippen molar-refractivity contribution >= 4 is 44.7 Å². The van der Waals surface area contributed by atoms with Crippen molar-refractivity contribution in [3.8, 4) is 0 Å². The summed E-state index contributed by atoms with van der Waals surface area (Å²) in [6.45, 7) is 0. The maximum absolute atomic E-state index is 12.9. The zero-order chi connectivity index (χ0) is 16.9. The molecule has 0 spiro atoms. The van der Waals surface area contributed by atoms with E-state index in [4.69, 9.17) is 5.73 Å². The molecule has 0 aliphatic heterocycles. The molecule has 0 unspecified atom stereocenters. The standard InChI is InChI=1S/C19H16BrN3O/c20-17-8-4-5-9-18(17)22-19(24)23(15-6-2-1-3-7-15)16-12-10-14(21)11-13-16/h1-13H,21H2,(H,22,24). The number of hydrogen-bond acceptors (Lipinski definition) is 2. The van der Waals surface area contributed by atoms with E-state index in [0.29, 0.717) is 11.4 Å². The van der Waals surface area contributed by atoms with E-state index in [1.54, 1.807) is 17.0 Å². The molecule has 0 atom stereocenters. The van der Waals surface area contributed by atoms with E-state index >= 15 is 0 Å². The predicted molar refractivity (Wildman–Crippen MR) is 103 cm³/mol. The topological polar surface area (TPSA) is 58.4 Å². The molecule has 5 heteroatoms. The van der Waals surface area contributed by atoms with E-state index in [1.165, 1.54) is 0 Å². The van der Waals surface area contributed by atoms with Crippen LogP contribution in [-0.2, 0) is 0 Å². The zero-order valence-electron chi connectivity index (χ0n) is 12.8. The van der Waals surface area contributed by atoms with Crippen LogP contribution in [0.1, 0.15) is 0 Å². The second-order valence-electron chi connectivity index (χ2n) is 5.17. The van der Waals surface area contributed by atoms with Crippen molar-refractivity contribution in [2.45, 2.75) is 0 Å². The Bertz CT molecular complexity index is 835. The number of halogens is 1. The molecule has 4 nitrogen and oxygen atoms in total. The van der Waals surface area contributed by atoms with Gasteiger partial charge in [-0.3, -0.25) is 4.90 Å². The number of nitrogen functional groups attached to an aromatic ring is 1. The summed E-state index contributed by atoms with van der Waals surface area (Å²) < 4.78 is 0.823. The molecule has 0 saturated heterocycles. The summed E-state index contributed by atoms with van der Waals surface area (Å²) >= 11 is 3.45. The van der Waals surface area contributed by atoms with Crippen LogP contribution in [0, 0.1) is 0 Å². The number of para-hydroxylation sites is 2. The molecule has 0 aromatic heterocycles. The van der Waals surface area contributed by atoms with E-state index in [1.807, 2.05) is 66.7 Å². The maximum atomic E-state index is 12.9. The number of anilines is 4. The van der Waals surface area contributed by atoms with Crippen molar-refractivity contribution in [2.24, 2.45) is 0 Å². The SMILES string of the molecule is Nc1ccc(N(C(=O)Nc2ccccc2Br)c2ccccc2)cc1. The fourth-order valence-corrected chi connectivity index (χ4v) is 2.70. The van der Waals surface area contributed by atoms with Crippen molar-refractivity contribution in [2.75, 3.05) is 16.0 Å². The van der Waals surface area contributed by atoms with Crippen LogP contribution in [0.3, 0.4) is 0 Å². The van der Waals surface area contributed by atoms with Crippen molar-refractivity contribution in [1.29, 1.82) is 0 Å². The fraction of sp³-hybridized carbons (Fsp3) is 0. The van der Waals surface area contributed by atoms with Crippen LogP contribution >= 0.6 is 15.9 Å². The number of rotatable bonds is 3. The lowest BCUT2D eigenvalue weighted by Crippen LogP contribution is -2.30. The van der Waals surface area contributed by atoms with Crippen LogP contribution in [0.4, 0.5) is 27.5 Å². The van der Waals surface area contributed by atoms with Crippen LogP contribution in [0.5, 0.6) is 0 Å². The van der Waals surface area contributed by atoms with E-state index in [0.717, 1.165) is 15.8 Å². The quantitative estimate of drug-likeness (QED) is 0.596. The number of nitrogens with two attached hydrogens (primary N) is 1. The Hall–Kier alpha value is -2.79. The van der Waals surface area contributed by atoms with Crippen molar-refractivity contribution in [3.05, 3.63) is 83.3 Å². The number of urea groups is 1.